The van der Waals surface area contributed by atoms with Gasteiger partial charge >= 0.3 is 0 Å². The number of allylic oxidation sites excluding steroid dienone is 2. The van der Waals surface area contributed by atoms with Crippen LogP contribution in [0.3, 0.4) is 0 Å². The zero-order valence-corrected chi connectivity index (χ0v) is 19.6. The second-order valence-electron chi connectivity index (χ2n) is 9.63. The van der Waals surface area contributed by atoms with Gasteiger partial charge in [-0.3, -0.25) is 9.59 Å². The summed E-state index contributed by atoms with van der Waals surface area (Å²) in [5.41, 5.74) is 2.23. The normalized spacial score (nSPS) is 19.8. The number of hydrogen-bond acceptors (Lipinski definition) is 2. The molecule has 1 fully saturated rings. The number of piperidine rings is 1. The third-order valence-corrected chi connectivity index (χ3v) is 7.19. The topological polar surface area (TPSA) is 40.6 Å². The SMILES string of the molecule is CN(C)C(=O)C1(Cc2ccccc2-c2cccc(F)c2)CCN(C(=O)C2CC=CCC2)CC1. The molecule has 174 valence electrons. The number of halogens is 1. The Bertz CT molecular complexity index is 1040. The largest absolute Gasteiger partial charge is 0.348 e. The van der Waals surface area contributed by atoms with E-state index in [0.29, 0.717) is 32.4 Å². The monoisotopic (exact) mass is 448 g/mol. The molecule has 1 aliphatic heterocycles. The molecule has 2 aromatic carbocycles. The predicted octanol–water partition coefficient (Wildman–Crippen LogP) is 5.09. The molecule has 1 unspecified atom stereocenters. The standard InChI is InChI=1S/C28H33FN2O2/c1-30(2)27(33)28(15-17-31(18-16-28)26(32)21-9-4-3-5-10-21)20-23-11-6-7-14-25(23)22-12-8-13-24(29)19-22/h3-4,6-8,11-14,19,21H,5,9-10,15-18,20H2,1-2H3. The summed E-state index contributed by atoms with van der Waals surface area (Å²) >= 11 is 0. The molecule has 0 radical (unpaired) electrons. The summed E-state index contributed by atoms with van der Waals surface area (Å²) in [5.74, 6) is 0.126. The lowest BCUT2D eigenvalue weighted by molar-refractivity contribution is -0.147. The molecule has 0 saturated carbocycles. The van der Waals surface area contributed by atoms with Crippen molar-refractivity contribution in [1.29, 1.82) is 0 Å². The number of carbonyl (C=O) groups excluding carboxylic acids is 2. The highest BCUT2D eigenvalue weighted by Crippen LogP contribution is 2.40. The summed E-state index contributed by atoms with van der Waals surface area (Å²) in [5, 5.41) is 0. The van der Waals surface area contributed by atoms with E-state index in [1.54, 1.807) is 31.1 Å². The maximum Gasteiger partial charge on any atom is 0.228 e. The highest BCUT2D eigenvalue weighted by molar-refractivity contribution is 5.84. The van der Waals surface area contributed by atoms with Crippen LogP contribution >= 0.6 is 0 Å². The van der Waals surface area contributed by atoms with Crippen LogP contribution in [0.15, 0.2) is 60.7 Å². The quantitative estimate of drug-likeness (QED) is 0.598. The summed E-state index contributed by atoms with van der Waals surface area (Å²) < 4.78 is 13.9. The molecule has 2 aliphatic rings. The maximum absolute atomic E-state index is 13.9. The average Bonchev–Trinajstić information content (AvgIpc) is 2.84. The van der Waals surface area contributed by atoms with Crippen molar-refractivity contribution < 1.29 is 14.0 Å². The molecule has 2 aromatic rings. The Morgan fingerprint density at radius 3 is 2.48 bits per heavy atom. The lowest BCUT2D eigenvalue weighted by Gasteiger charge is -2.43. The molecule has 33 heavy (non-hydrogen) atoms. The van der Waals surface area contributed by atoms with Crippen molar-refractivity contribution in [3.05, 3.63) is 72.1 Å². The molecule has 1 saturated heterocycles. The van der Waals surface area contributed by atoms with Crippen molar-refractivity contribution in [2.45, 2.75) is 38.5 Å². The fourth-order valence-corrected chi connectivity index (χ4v) is 5.35. The molecule has 0 bridgehead atoms. The summed E-state index contributed by atoms with van der Waals surface area (Å²) in [7, 11) is 3.60. The van der Waals surface area contributed by atoms with Crippen LogP contribution in [0.4, 0.5) is 4.39 Å². The van der Waals surface area contributed by atoms with E-state index in [-0.39, 0.29) is 23.5 Å². The van der Waals surface area contributed by atoms with Gasteiger partial charge in [0.2, 0.25) is 11.8 Å². The lowest BCUT2D eigenvalue weighted by atomic mass is 9.71. The van der Waals surface area contributed by atoms with E-state index in [1.807, 2.05) is 35.2 Å². The molecular weight excluding hydrogens is 415 g/mol. The molecule has 1 aliphatic carbocycles. The molecule has 1 atom stereocenters. The van der Waals surface area contributed by atoms with Crippen LogP contribution in [0.1, 0.15) is 37.7 Å². The molecule has 5 heteroatoms. The Hall–Kier alpha value is -2.95. The number of carbonyl (C=O) groups is 2. The minimum Gasteiger partial charge on any atom is -0.348 e. The Kier molecular flexibility index (Phi) is 6.96. The third kappa shape index (κ3) is 5.02. The van der Waals surface area contributed by atoms with Crippen molar-refractivity contribution in [2.75, 3.05) is 27.2 Å². The first-order valence-electron chi connectivity index (χ1n) is 11.9. The van der Waals surface area contributed by atoms with Gasteiger partial charge in [0, 0.05) is 33.1 Å². The number of benzene rings is 2. The fourth-order valence-electron chi connectivity index (χ4n) is 5.35. The van der Waals surface area contributed by atoms with Gasteiger partial charge in [0.15, 0.2) is 0 Å². The molecule has 0 spiro atoms. The van der Waals surface area contributed by atoms with E-state index in [0.717, 1.165) is 36.0 Å². The smallest absolute Gasteiger partial charge is 0.228 e. The highest BCUT2D eigenvalue weighted by atomic mass is 19.1. The lowest BCUT2D eigenvalue weighted by Crippen LogP contribution is -2.52. The maximum atomic E-state index is 13.9. The van der Waals surface area contributed by atoms with E-state index < -0.39 is 5.41 Å². The van der Waals surface area contributed by atoms with Gasteiger partial charge in [-0.05, 0) is 67.3 Å². The summed E-state index contributed by atoms with van der Waals surface area (Å²) in [6.07, 6.45) is 8.80. The Labute approximate surface area is 196 Å². The van der Waals surface area contributed by atoms with Gasteiger partial charge < -0.3 is 9.80 Å². The second kappa shape index (κ2) is 9.90. The molecule has 1 heterocycles. The molecule has 0 aromatic heterocycles. The van der Waals surface area contributed by atoms with Gasteiger partial charge in [0.1, 0.15) is 5.82 Å². The van der Waals surface area contributed by atoms with Crippen LogP contribution in [0, 0.1) is 17.2 Å². The minimum absolute atomic E-state index is 0.0701. The van der Waals surface area contributed by atoms with Crippen LogP contribution in [-0.2, 0) is 16.0 Å². The molecule has 4 nitrogen and oxygen atoms in total. The van der Waals surface area contributed by atoms with Gasteiger partial charge in [0.05, 0.1) is 5.41 Å². The van der Waals surface area contributed by atoms with E-state index in [9.17, 15) is 14.0 Å². The van der Waals surface area contributed by atoms with Crippen LogP contribution in [0.2, 0.25) is 0 Å². The van der Waals surface area contributed by atoms with Gasteiger partial charge in [-0.15, -0.1) is 0 Å². The van der Waals surface area contributed by atoms with Crippen molar-refractivity contribution in [3.63, 3.8) is 0 Å². The minimum atomic E-state index is -0.573. The number of nitrogens with zero attached hydrogens (tertiary/aromatic N) is 2. The number of hydrogen-bond donors (Lipinski definition) is 0. The predicted molar refractivity (Wildman–Crippen MR) is 129 cm³/mol. The first kappa shape index (κ1) is 23.2. The zero-order chi connectivity index (χ0) is 23.4. The zero-order valence-electron chi connectivity index (χ0n) is 19.6. The van der Waals surface area contributed by atoms with Crippen molar-refractivity contribution >= 4 is 11.8 Å². The van der Waals surface area contributed by atoms with Crippen LogP contribution < -0.4 is 0 Å². The van der Waals surface area contributed by atoms with Gasteiger partial charge in [0.25, 0.3) is 0 Å². The number of amides is 2. The Morgan fingerprint density at radius 1 is 1.06 bits per heavy atom. The summed E-state index contributed by atoms with van der Waals surface area (Å²) in [6, 6.07) is 14.6. The van der Waals surface area contributed by atoms with Crippen molar-refractivity contribution in [1.82, 2.24) is 9.80 Å². The van der Waals surface area contributed by atoms with Crippen LogP contribution in [0.5, 0.6) is 0 Å². The van der Waals surface area contributed by atoms with Gasteiger partial charge in [-0.25, -0.2) is 4.39 Å². The number of likely N-dealkylation sites (tertiary alicyclic amines) is 1. The molecule has 0 N–H and O–H groups in total. The molecule has 2 amide bonds. The van der Waals surface area contributed by atoms with E-state index in [1.165, 1.54) is 6.07 Å². The van der Waals surface area contributed by atoms with E-state index in [2.05, 4.69) is 12.2 Å². The summed E-state index contributed by atoms with van der Waals surface area (Å²) in [6.45, 7) is 1.20. The van der Waals surface area contributed by atoms with Crippen LogP contribution in [0.25, 0.3) is 11.1 Å². The fraction of sp³-hybridized carbons (Fsp3) is 0.429. The number of rotatable bonds is 5. The van der Waals surface area contributed by atoms with E-state index in [4.69, 9.17) is 0 Å². The van der Waals surface area contributed by atoms with Gasteiger partial charge in [-0.1, -0.05) is 48.6 Å². The first-order chi connectivity index (χ1) is 15.9. The van der Waals surface area contributed by atoms with E-state index >= 15 is 0 Å². The average molecular weight is 449 g/mol. The Morgan fingerprint density at radius 2 is 1.82 bits per heavy atom. The summed E-state index contributed by atoms with van der Waals surface area (Å²) in [4.78, 5) is 30.2. The van der Waals surface area contributed by atoms with Crippen LogP contribution in [-0.4, -0.2) is 48.8 Å². The Balaban J connectivity index is 1.58. The molecular formula is C28H33FN2O2. The highest BCUT2D eigenvalue weighted by Gasteiger charge is 2.44. The second-order valence-corrected chi connectivity index (χ2v) is 9.63. The van der Waals surface area contributed by atoms with Gasteiger partial charge in [-0.2, -0.15) is 0 Å². The third-order valence-electron chi connectivity index (χ3n) is 7.19. The van der Waals surface area contributed by atoms with Crippen molar-refractivity contribution in [3.8, 4) is 11.1 Å². The molecule has 4 rings (SSSR count). The van der Waals surface area contributed by atoms with Crippen molar-refractivity contribution in [2.24, 2.45) is 11.3 Å². The first-order valence-corrected chi connectivity index (χ1v) is 11.9.